The minimum absolute atomic E-state index is 0.0740. The number of ether oxygens (including phenoxy) is 1. The zero-order valence-electron chi connectivity index (χ0n) is 9.65. The van der Waals surface area contributed by atoms with E-state index in [0.717, 1.165) is 32.3 Å². The highest BCUT2D eigenvalue weighted by Gasteiger charge is 2.37. The largest absolute Gasteiger partial charge is 0.480 e. The van der Waals surface area contributed by atoms with Gasteiger partial charge in [0.05, 0.1) is 6.10 Å². The van der Waals surface area contributed by atoms with Gasteiger partial charge in [-0.25, -0.2) is 9.59 Å². The van der Waals surface area contributed by atoms with Gasteiger partial charge in [0.25, 0.3) is 0 Å². The Bertz CT molecular complexity index is 298. The van der Waals surface area contributed by atoms with Crippen LogP contribution in [0.25, 0.3) is 0 Å². The SMILES string of the molecule is O=C(NCC1CCCO1)NC(C(=O)O)C1CC1. The molecule has 1 aliphatic heterocycles. The average molecular weight is 242 g/mol. The lowest BCUT2D eigenvalue weighted by atomic mass is 10.2. The molecule has 2 rings (SSSR count). The van der Waals surface area contributed by atoms with Gasteiger partial charge in [-0.3, -0.25) is 0 Å². The van der Waals surface area contributed by atoms with E-state index in [1.165, 1.54) is 0 Å². The lowest BCUT2D eigenvalue weighted by molar-refractivity contribution is -0.139. The van der Waals surface area contributed by atoms with E-state index in [9.17, 15) is 9.59 Å². The highest BCUT2D eigenvalue weighted by atomic mass is 16.5. The molecule has 0 bridgehead atoms. The number of carbonyl (C=O) groups is 2. The molecule has 96 valence electrons. The Morgan fingerprint density at radius 2 is 2.12 bits per heavy atom. The Hall–Kier alpha value is -1.30. The van der Waals surface area contributed by atoms with E-state index in [-0.39, 0.29) is 12.0 Å². The van der Waals surface area contributed by atoms with Crippen LogP contribution in [0.2, 0.25) is 0 Å². The Kier molecular flexibility index (Phi) is 3.83. The van der Waals surface area contributed by atoms with Gasteiger partial charge < -0.3 is 20.5 Å². The highest BCUT2D eigenvalue weighted by Crippen LogP contribution is 2.32. The Morgan fingerprint density at radius 1 is 1.35 bits per heavy atom. The molecule has 2 atom stereocenters. The van der Waals surface area contributed by atoms with Crippen LogP contribution in [0.5, 0.6) is 0 Å². The van der Waals surface area contributed by atoms with Crippen LogP contribution in [-0.4, -0.2) is 42.4 Å². The molecular formula is C11H18N2O4. The third kappa shape index (κ3) is 3.59. The lowest BCUT2D eigenvalue weighted by Gasteiger charge is -2.16. The Balaban J connectivity index is 1.69. The maximum atomic E-state index is 11.5. The second kappa shape index (κ2) is 5.35. The van der Waals surface area contributed by atoms with E-state index >= 15 is 0 Å². The Morgan fingerprint density at radius 3 is 2.65 bits per heavy atom. The van der Waals surface area contributed by atoms with Gasteiger partial charge in [-0.1, -0.05) is 0 Å². The van der Waals surface area contributed by atoms with Crippen LogP contribution in [0.15, 0.2) is 0 Å². The number of aliphatic carboxylic acids is 1. The van der Waals surface area contributed by atoms with Gasteiger partial charge in [-0.05, 0) is 31.6 Å². The summed E-state index contributed by atoms with van der Waals surface area (Å²) in [5.74, 6) is -0.860. The van der Waals surface area contributed by atoms with Gasteiger partial charge in [0.1, 0.15) is 6.04 Å². The molecule has 1 saturated carbocycles. The van der Waals surface area contributed by atoms with Crippen molar-refractivity contribution in [1.29, 1.82) is 0 Å². The summed E-state index contributed by atoms with van der Waals surface area (Å²) in [5, 5.41) is 14.1. The Labute approximate surface area is 99.7 Å². The fourth-order valence-corrected chi connectivity index (χ4v) is 2.01. The first kappa shape index (κ1) is 12.2. The van der Waals surface area contributed by atoms with Crippen LogP contribution in [0.4, 0.5) is 4.79 Å². The molecular weight excluding hydrogens is 224 g/mol. The van der Waals surface area contributed by atoms with Gasteiger partial charge in [-0.15, -0.1) is 0 Å². The highest BCUT2D eigenvalue weighted by molar-refractivity contribution is 5.83. The van der Waals surface area contributed by atoms with E-state index < -0.39 is 18.0 Å². The van der Waals surface area contributed by atoms with Crippen molar-refractivity contribution in [2.45, 2.75) is 37.8 Å². The van der Waals surface area contributed by atoms with Gasteiger partial charge in [0.2, 0.25) is 0 Å². The number of hydrogen-bond acceptors (Lipinski definition) is 3. The molecule has 3 N–H and O–H groups in total. The number of rotatable bonds is 5. The quantitative estimate of drug-likeness (QED) is 0.648. The van der Waals surface area contributed by atoms with Crippen LogP contribution in [0.3, 0.4) is 0 Å². The predicted octanol–water partition coefficient (Wildman–Crippen LogP) is 0.328. The number of carbonyl (C=O) groups excluding carboxylic acids is 1. The first-order chi connectivity index (χ1) is 8.16. The molecule has 1 saturated heterocycles. The summed E-state index contributed by atoms with van der Waals surface area (Å²) < 4.78 is 5.36. The van der Waals surface area contributed by atoms with Crippen LogP contribution < -0.4 is 10.6 Å². The minimum atomic E-state index is -0.959. The zero-order valence-corrected chi connectivity index (χ0v) is 9.65. The molecule has 17 heavy (non-hydrogen) atoms. The molecule has 0 aromatic rings. The molecule has 0 radical (unpaired) electrons. The third-order valence-corrected chi connectivity index (χ3v) is 3.16. The number of hydrogen-bond donors (Lipinski definition) is 3. The van der Waals surface area contributed by atoms with Crippen molar-refractivity contribution in [3.05, 3.63) is 0 Å². The molecule has 2 fully saturated rings. The summed E-state index contributed by atoms with van der Waals surface area (Å²) in [6.07, 6.45) is 3.80. The van der Waals surface area contributed by atoms with Crippen molar-refractivity contribution in [2.75, 3.05) is 13.2 Å². The molecule has 0 aromatic carbocycles. The molecule has 2 aliphatic rings. The molecule has 2 unspecified atom stereocenters. The molecule has 0 spiro atoms. The lowest BCUT2D eigenvalue weighted by Crippen LogP contribution is -2.48. The molecule has 0 aromatic heterocycles. The smallest absolute Gasteiger partial charge is 0.326 e. The normalized spacial score (nSPS) is 25.3. The van der Waals surface area contributed by atoms with Crippen molar-refractivity contribution >= 4 is 12.0 Å². The van der Waals surface area contributed by atoms with E-state index in [1.807, 2.05) is 0 Å². The van der Waals surface area contributed by atoms with Crippen LogP contribution in [0.1, 0.15) is 25.7 Å². The maximum absolute atomic E-state index is 11.5. The fraction of sp³-hybridized carbons (Fsp3) is 0.818. The van der Waals surface area contributed by atoms with Crippen LogP contribution >= 0.6 is 0 Å². The first-order valence-electron chi connectivity index (χ1n) is 6.05. The average Bonchev–Trinajstić information content (AvgIpc) is 2.99. The molecule has 6 heteroatoms. The van der Waals surface area contributed by atoms with E-state index in [4.69, 9.17) is 9.84 Å². The predicted molar refractivity (Wildman–Crippen MR) is 59.7 cm³/mol. The molecule has 6 nitrogen and oxygen atoms in total. The van der Waals surface area contributed by atoms with Crippen molar-refractivity contribution in [3.8, 4) is 0 Å². The number of urea groups is 1. The number of amides is 2. The summed E-state index contributed by atoms with van der Waals surface area (Å²) in [7, 11) is 0. The summed E-state index contributed by atoms with van der Waals surface area (Å²) in [4.78, 5) is 22.4. The topological polar surface area (TPSA) is 87.7 Å². The van der Waals surface area contributed by atoms with Crippen molar-refractivity contribution in [3.63, 3.8) is 0 Å². The molecule has 2 amide bonds. The summed E-state index contributed by atoms with van der Waals surface area (Å²) >= 11 is 0. The van der Waals surface area contributed by atoms with Gasteiger partial charge in [0.15, 0.2) is 0 Å². The molecule has 1 heterocycles. The van der Waals surface area contributed by atoms with Crippen LogP contribution in [-0.2, 0) is 9.53 Å². The molecule has 1 aliphatic carbocycles. The van der Waals surface area contributed by atoms with E-state index in [2.05, 4.69) is 10.6 Å². The third-order valence-electron chi connectivity index (χ3n) is 3.16. The number of nitrogens with one attached hydrogen (secondary N) is 2. The first-order valence-corrected chi connectivity index (χ1v) is 6.05. The summed E-state index contributed by atoms with van der Waals surface area (Å²) in [6.45, 7) is 1.19. The monoisotopic (exact) mass is 242 g/mol. The zero-order chi connectivity index (χ0) is 12.3. The van der Waals surface area contributed by atoms with E-state index in [1.54, 1.807) is 0 Å². The van der Waals surface area contributed by atoms with E-state index in [0.29, 0.717) is 6.54 Å². The van der Waals surface area contributed by atoms with Gasteiger partial charge >= 0.3 is 12.0 Å². The van der Waals surface area contributed by atoms with Crippen molar-refractivity contribution in [1.82, 2.24) is 10.6 Å². The number of carboxylic acid groups (broad SMARTS) is 1. The summed E-state index contributed by atoms with van der Waals surface area (Å²) in [6, 6.07) is -1.17. The second-order valence-electron chi connectivity index (χ2n) is 4.64. The maximum Gasteiger partial charge on any atom is 0.326 e. The fourth-order valence-electron chi connectivity index (χ4n) is 2.01. The van der Waals surface area contributed by atoms with Crippen molar-refractivity contribution in [2.24, 2.45) is 5.92 Å². The minimum Gasteiger partial charge on any atom is -0.480 e. The van der Waals surface area contributed by atoms with Crippen molar-refractivity contribution < 1.29 is 19.4 Å². The van der Waals surface area contributed by atoms with Gasteiger partial charge in [-0.2, -0.15) is 0 Å². The number of carboxylic acids is 1. The van der Waals surface area contributed by atoms with Gasteiger partial charge in [0, 0.05) is 13.2 Å². The second-order valence-corrected chi connectivity index (χ2v) is 4.64. The van der Waals surface area contributed by atoms with Crippen LogP contribution in [0, 0.1) is 5.92 Å². The standard InChI is InChI=1S/C11H18N2O4/c14-10(15)9(7-3-4-7)13-11(16)12-6-8-2-1-5-17-8/h7-9H,1-6H2,(H,14,15)(H2,12,13,16). The summed E-state index contributed by atoms with van der Waals surface area (Å²) in [5.41, 5.74) is 0.